The second-order valence-corrected chi connectivity index (χ2v) is 8.46. The number of nitrogens with one attached hydrogen (secondary N) is 2. The molecule has 1 fully saturated rings. The molecule has 0 saturated carbocycles. The SMILES string of the molecule is COc1ccc(Nc2cc3c(S(=O)(=O)N4CCNCC4)cccc3cn2)cc1. The largest absolute Gasteiger partial charge is 0.497 e. The Morgan fingerprint density at radius 2 is 1.86 bits per heavy atom. The van der Waals surface area contributed by atoms with E-state index >= 15 is 0 Å². The number of aromatic nitrogens is 1. The van der Waals surface area contributed by atoms with Crippen molar-refractivity contribution in [2.24, 2.45) is 0 Å². The molecule has 4 rings (SSSR count). The lowest BCUT2D eigenvalue weighted by Crippen LogP contribution is -2.46. The minimum absolute atomic E-state index is 0.312. The normalized spacial score (nSPS) is 15.5. The zero-order chi connectivity index (χ0) is 19.6. The minimum atomic E-state index is -3.57. The van der Waals surface area contributed by atoms with Crippen molar-refractivity contribution in [2.45, 2.75) is 4.90 Å². The first-order chi connectivity index (χ1) is 13.6. The number of hydrogen-bond donors (Lipinski definition) is 2. The Kier molecular flexibility index (Phi) is 5.17. The van der Waals surface area contributed by atoms with Crippen molar-refractivity contribution in [1.82, 2.24) is 14.6 Å². The van der Waals surface area contributed by atoms with Crippen LogP contribution in [0.1, 0.15) is 0 Å². The van der Waals surface area contributed by atoms with Gasteiger partial charge in [0.2, 0.25) is 10.0 Å². The number of hydrogen-bond acceptors (Lipinski definition) is 6. The van der Waals surface area contributed by atoms with Crippen LogP contribution in [0.2, 0.25) is 0 Å². The van der Waals surface area contributed by atoms with E-state index in [1.807, 2.05) is 30.3 Å². The number of benzene rings is 2. The molecule has 8 heteroatoms. The zero-order valence-electron chi connectivity index (χ0n) is 15.6. The Morgan fingerprint density at radius 1 is 1.11 bits per heavy atom. The van der Waals surface area contributed by atoms with E-state index in [4.69, 9.17) is 4.74 Å². The third-order valence-corrected chi connectivity index (χ3v) is 6.74. The summed E-state index contributed by atoms with van der Waals surface area (Å²) in [4.78, 5) is 4.73. The van der Waals surface area contributed by atoms with Gasteiger partial charge in [0.1, 0.15) is 11.6 Å². The molecule has 1 aromatic heterocycles. The first-order valence-electron chi connectivity index (χ1n) is 9.09. The highest BCUT2D eigenvalue weighted by Gasteiger charge is 2.27. The molecule has 1 aliphatic rings. The standard InChI is InChI=1S/C20H22N4O3S/c1-27-17-7-5-16(6-8-17)23-20-13-18-15(14-22-20)3-2-4-19(18)28(25,26)24-11-9-21-10-12-24/h2-8,13-14,21H,9-12H2,1H3,(H,22,23). The lowest BCUT2D eigenvalue weighted by Gasteiger charge is -2.27. The van der Waals surface area contributed by atoms with Gasteiger partial charge in [-0.05, 0) is 36.4 Å². The lowest BCUT2D eigenvalue weighted by molar-refractivity contribution is 0.360. The molecule has 0 bridgehead atoms. The summed E-state index contributed by atoms with van der Waals surface area (Å²) in [5.74, 6) is 1.35. The van der Waals surface area contributed by atoms with Crippen LogP contribution in [0.25, 0.3) is 10.8 Å². The third kappa shape index (κ3) is 3.66. The molecular weight excluding hydrogens is 376 g/mol. The van der Waals surface area contributed by atoms with Gasteiger partial charge in [-0.15, -0.1) is 0 Å². The number of sulfonamides is 1. The molecule has 1 saturated heterocycles. The molecule has 7 nitrogen and oxygen atoms in total. The van der Waals surface area contributed by atoms with E-state index in [1.54, 1.807) is 31.5 Å². The molecule has 0 atom stereocenters. The van der Waals surface area contributed by atoms with Gasteiger partial charge in [-0.1, -0.05) is 12.1 Å². The summed E-state index contributed by atoms with van der Waals surface area (Å²) in [6.45, 7) is 2.27. The van der Waals surface area contributed by atoms with Crippen LogP contribution in [0.3, 0.4) is 0 Å². The first-order valence-corrected chi connectivity index (χ1v) is 10.5. The van der Waals surface area contributed by atoms with Gasteiger partial charge >= 0.3 is 0 Å². The fourth-order valence-corrected chi connectivity index (χ4v) is 4.93. The van der Waals surface area contributed by atoms with E-state index in [0.29, 0.717) is 42.3 Å². The van der Waals surface area contributed by atoms with Gasteiger partial charge in [0.15, 0.2) is 0 Å². The molecule has 0 amide bonds. The Hall–Kier alpha value is -2.68. The molecule has 1 aliphatic heterocycles. The number of rotatable bonds is 5. The number of anilines is 2. The molecule has 146 valence electrons. The summed E-state index contributed by atoms with van der Waals surface area (Å²) in [6, 6.07) is 14.5. The molecule has 28 heavy (non-hydrogen) atoms. The molecule has 0 radical (unpaired) electrons. The van der Waals surface area contributed by atoms with Gasteiger partial charge in [0.25, 0.3) is 0 Å². The monoisotopic (exact) mass is 398 g/mol. The number of methoxy groups -OCH3 is 1. The van der Waals surface area contributed by atoms with Crippen molar-refractivity contribution < 1.29 is 13.2 Å². The van der Waals surface area contributed by atoms with Crippen molar-refractivity contribution in [3.63, 3.8) is 0 Å². The molecule has 0 unspecified atom stereocenters. The van der Waals surface area contributed by atoms with Crippen LogP contribution in [0.5, 0.6) is 5.75 Å². The van der Waals surface area contributed by atoms with E-state index in [-0.39, 0.29) is 0 Å². The molecule has 2 aromatic carbocycles. The van der Waals surface area contributed by atoms with Gasteiger partial charge in [-0.2, -0.15) is 4.31 Å². The number of fused-ring (bicyclic) bond motifs is 1. The molecule has 0 aliphatic carbocycles. The summed E-state index contributed by atoms with van der Waals surface area (Å²) < 4.78 is 33.1. The molecule has 3 aromatic rings. The lowest BCUT2D eigenvalue weighted by atomic mass is 10.2. The van der Waals surface area contributed by atoms with E-state index in [1.165, 1.54) is 4.31 Å². The van der Waals surface area contributed by atoms with Crippen molar-refractivity contribution in [3.05, 3.63) is 54.7 Å². The van der Waals surface area contributed by atoms with Crippen LogP contribution in [-0.2, 0) is 10.0 Å². The van der Waals surface area contributed by atoms with Crippen molar-refractivity contribution >= 4 is 32.3 Å². The highest BCUT2D eigenvalue weighted by molar-refractivity contribution is 7.89. The predicted molar refractivity (Wildman–Crippen MR) is 110 cm³/mol. The summed E-state index contributed by atoms with van der Waals surface area (Å²) in [6.07, 6.45) is 1.69. The van der Waals surface area contributed by atoms with Crippen LogP contribution >= 0.6 is 0 Å². The molecule has 2 N–H and O–H groups in total. The van der Waals surface area contributed by atoms with Gasteiger partial charge in [0.05, 0.1) is 12.0 Å². The highest BCUT2D eigenvalue weighted by atomic mass is 32.2. The maximum Gasteiger partial charge on any atom is 0.243 e. The number of ether oxygens (including phenoxy) is 1. The van der Waals surface area contributed by atoms with Gasteiger partial charge in [0, 0.05) is 48.8 Å². The average molecular weight is 398 g/mol. The van der Waals surface area contributed by atoms with Crippen LogP contribution in [-0.4, -0.2) is 51.0 Å². The van der Waals surface area contributed by atoms with Crippen LogP contribution in [0.15, 0.2) is 59.6 Å². The number of piperazine rings is 1. The number of nitrogens with zero attached hydrogens (tertiary/aromatic N) is 2. The van der Waals surface area contributed by atoms with Crippen LogP contribution < -0.4 is 15.4 Å². The predicted octanol–water partition coefficient (Wildman–Crippen LogP) is 2.58. The van der Waals surface area contributed by atoms with Crippen LogP contribution in [0, 0.1) is 0 Å². The Morgan fingerprint density at radius 3 is 2.57 bits per heavy atom. The van der Waals surface area contributed by atoms with Gasteiger partial charge in [-0.25, -0.2) is 13.4 Å². The van der Waals surface area contributed by atoms with Crippen molar-refractivity contribution in [3.8, 4) is 5.75 Å². The second kappa shape index (κ2) is 7.75. The highest BCUT2D eigenvalue weighted by Crippen LogP contribution is 2.28. The minimum Gasteiger partial charge on any atom is -0.497 e. The van der Waals surface area contributed by atoms with Crippen molar-refractivity contribution in [1.29, 1.82) is 0 Å². The van der Waals surface area contributed by atoms with E-state index in [9.17, 15) is 8.42 Å². The maximum absolute atomic E-state index is 13.2. The quantitative estimate of drug-likeness (QED) is 0.687. The summed E-state index contributed by atoms with van der Waals surface area (Å²) in [7, 11) is -1.95. The number of pyridine rings is 1. The van der Waals surface area contributed by atoms with E-state index < -0.39 is 10.0 Å². The van der Waals surface area contributed by atoms with E-state index in [2.05, 4.69) is 15.6 Å². The summed E-state index contributed by atoms with van der Waals surface area (Å²) in [5, 5.41) is 7.85. The second-order valence-electron chi connectivity index (χ2n) is 6.55. The van der Waals surface area contributed by atoms with Gasteiger partial charge < -0.3 is 15.4 Å². The smallest absolute Gasteiger partial charge is 0.243 e. The summed E-state index contributed by atoms with van der Waals surface area (Å²) >= 11 is 0. The maximum atomic E-state index is 13.2. The first kappa shape index (κ1) is 18.7. The Labute approximate surface area is 164 Å². The molecule has 2 heterocycles. The summed E-state index contributed by atoms with van der Waals surface area (Å²) in [5.41, 5.74) is 0.843. The zero-order valence-corrected chi connectivity index (χ0v) is 16.4. The molecule has 0 spiro atoms. The third-order valence-electron chi connectivity index (χ3n) is 4.78. The van der Waals surface area contributed by atoms with Gasteiger partial charge in [-0.3, -0.25) is 0 Å². The Balaban J connectivity index is 1.70. The van der Waals surface area contributed by atoms with E-state index in [0.717, 1.165) is 16.8 Å². The molecular formula is C20H22N4O3S. The fraction of sp³-hybridized carbons (Fsp3) is 0.250. The fourth-order valence-electron chi connectivity index (χ4n) is 3.28. The van der Waals surface area contributed by atoms with Crippen molar-refractivity contribution in [2.75, 3.05) is 38.6 Å². The average Bonchev–Trinajstić information content (AvgIpc) is 2.74. The van der Waals surface area contributed by atoms with Crippen LogP contribution in [0.4, 0.5) is 11.5 Å². The topological polar surface area (TPSA) is 83.6 Å². The Bertz CT molecular complexity index is 1080.